The summed E-state index contributed by atoms with van der Waals surface area (Å²) in [4.78, 5) is 13.5. The molecule has 4 nitrogen and oxygen atoms in total. The number of nitrogens with one attached hydrogen (secondary N) is 1. The van der Waals surface area contributed by atoms with Crippen LogP contribution >= 0.6 is 0 Å². The fourth-order valence-corrected chi connectivity index (χ4v) is 2.20. The molecule has 0 aromatic heterocycles. The molecule has 0 saturated carbocycles. The first kappa shape index (κ1) is 18.7. The van der Waals surface area contributed by atoms with E-state index in [9.17, 15) is 22.4 Å². The largest absolute Gasteiger partial charge is 0.433 e. The molecular formula is C17H16F4N2O2. The summed E-state index contributed by atoms with van der Waals surface area (Å²) in [5.41, 5.74) is 0.340. The molecule has 25 heavy (non-hydrogen) atoms. The van der Waals surface area contributed by atoms with Crippen LogP contribution in [-0.2, 0) is 11.3 Å². The molecule has 0 aliphatic carbocycles. The maximum absolute atomic E-state index is 13.6. The molecule has 8 heteroatoms. The molecule has 0 saturated heterocycles. The van der Waals surface area contributed by atoms with E-state index >= 15 is 0 Å². The highest BCUT2D eigenvalue weighted by Crippen LogP contribution is 2.25. The summed E-state index contributed by atoms with van der Waals surface area (Å²) < 4.78 is 55.5. The summed E-state index contributed by atoms with van der Waals surface area (Å²) in [6, 6.07) is 8.98. The van der Waals surface area contributed by atoms with Gasteiger partial charge in [0.05, 0.1) is 12.2 Å². The lowest BCUT2D eigenvalue weighted by molar-refractivity contribution is -0.117. The smallest absolute Gasteiger partial charge is 0.387 e. The standard InChI is InChI=1S/C17H16F4N2O2/c1-23(9-11-6-7-12(18)8-13(11)19)10-16(24)22-14-4-2-3-5-15(14)25-17(20)21/h2-8,17H,9-10H2,1H3,(H,22,24). The van der Waals surface area contributed by atoms with Crippen molar-refractivity contribution in [1.82, 2.24) is 4.90 Å². The molecule has 0 radical (unpaired) electrons. The van der Waals surface area contributed by atoms with Crippen molar-refractivity contribution < 1.29 is 27.1 Å². The summed E-state index contributed by atoms with van der Waals surface area (Å²) >= 11 is 0. The van der Waals surface area contributed by atoms with Gasteiger partial charge in [-0.2, -0.15) is 8.78 Å². The topological polar surface area (TPSA) is 41.6 Å². The Morgan fingerprint density at radius 3 is 2.60 bits per heavy atom. The van der Waals surface area contributed by atoms with Crippen LogP contribution in [-0.4, -0.2) is 31.0 Å². The lowest BCUT2D eigenvalue weighted by Gasteiger charge is -2.17. The molecular weight excluding hydrogens is 340 g/mol. The summed E-state index contributed by atoms with van der Waals surface area (Å²) in [6.45, 7) is -3.06. The molecule has 0 aliphatic rings. The van der Waals surface area contributed by atoms with Gasteiger partial charge in [-0.15, -0.1) is 0 Å². The highest BCUT2D eigenvalue weighted by Gasteiger charge is 2.14. The lowest BCUT2D eigenvalue weighted by Crippen LogP contribution is -2.30. The maximum atomic E-state index is 13.6. The molecule has 2 aromatic rings. The normalized spacial score (nSPS) is 11.0. The SMILES string of the molecule is CN(CC(=O)Nc1ccccc1OC(F)F)Cc1ccc(F)cc1F. The van der Waals surface area contributed by atoms with Crippen molar-refractivity contribution in [2.75, 3.05) is 18.9 Å². The molecule has 0 unspecified atom stereocenters. The highest BCUT2D eigenvalue weighted by atomic mass is 19.3. The number of likely N-dealkylation sites (N-methyl/N-ethyl adjacent to an activating group) is 1. The Bertz CT molecular complexity index is 740. The molecule has 1 N–H and O–H groups in total. The second-order valence-electron chi connectivity index (χ2n) is 5.33. The van der Waals surface area contributed by atoms with Gasteiger partial charge in [0.2, 0.25) is 5.91 Å². The van der Waals surface area contributed by atoms with Crippen LogP contribution in [0.2, 0.25) is 0 Å². The minimum Gasteiger partial charge on any atom is -0.433 e. The minimum absolute atomic E-state index is 0.0781. The first-order valence-electron chi connectivity index (χ1n) is 7.31. The van der Waals surface area contributed by atoms with E-state index in [1.165, 1.54) is 29.2 Å². The number of carbonyl (C=O) groups excluding carboxylic acids is 1. The Balaban J connectivity index is 1.96. The van der Waals surface area contributed by atoms with Crippen molar-refractivity contribution in [2.45, 2.75) is 13.2 Å². The van der Waals surface area contributed by atoms with Crippen LogP contribution in [0.25, 0.3) is 0 Å². The van der Waals surface area contributed by atoms with Gasteiger partial charge in [0.15, 0.2) is 0 Å². The average molecular weight is 356 g/mol. The second kappa shape index (κ2) is 8.48. The van der Waals surface area contributed by atoms with Crippen LogP contribution < -0.4 is 10.1 Å². The number of halogens is 4. The highest BCUT2D eigenvalue weighted by molar-refractivity contribution is 5.93. The van der Waals surface area contributed by atoms with Gasteiger partial charge in [-0.05, 0) is 25.2 Å². The summed E-state index contributed by atoms with van der Waals surface area (Å²) in [7, 11) is 1.57. The summed E-state index contributed by atoms with van der Waals surface area (Å²) in [6.07, 6.45) is 0. The number of benzene rings is 2. The van der Waals surface area contributed by atoms with Crippen LogP contribution in [0.15, 0.2) is 42.5 Å². The molecule has 0 spiro atoms. The van der Waals surface area contributed by atoms with Gasteiger partial charge in [-0.1, -0.05) is 18.2 Å². The Hall–Kier alpha value is -2.61. The molecule has 2 aromatic carbocycles. The molecule has 0 fully saturated rings. The van der Waals surface area contributed by atoms with Gasteiger partial charge in [0.25, 0.3) is 0 Å². The van der Waals surface area contributed by atoms with Crippen molar-refractivity contribution in [3.63, 3.8) is 0 Å². The predicted molar refractivity (Wildman–Crippen MR) is 84.4 cm³/mol. The number of hydrogen-bond donors (Lipinski definition) is 1. The number of nitrogens with zero attached hydrogens (tertiary/aromatic N) is 1. The van der Waals surface area contributed by atoms with Crippen molar-refractivity contribution in [1.29, 1.82) is 0 Å². The zero-order valence-electron chi connectivity index (χ0n) is 13.3. The Labute approximate surface area is 142 Å². The lowest BCUT2D eigenvalue weighted by atomic mass is 10.2. The first-order valence-corrected chi connectivity index (χ1v) is 7.31. The number of alkyl halides is 2. The van der Waals surface area contributed by atoms with E-state index < -0.39 is 24.2 Å². The third-order valence-electron chi connectivity index (χ3n) is 3.25. The van der Waals surface area contributed by atoms with E-state index in [4.69, 9.17) is 0 Å². The zero-order chi connectivity index (χ0) is 18.4. The van der Waals surface area contributed by atoms with Crippen LogP contribution in [0.5, 0.6) is 5.75 Å². The quantitative estimate of drug-likeness (QED) is 0.771. The predicted octanol–water partition coefficient (Wildman–Crippen LogP) is 3.64. The second-order valence-corrected chi connectivity index (χ2v) is 5.33. The van der Waals surface area contributed by atoms with Gasteiger partial charge >= 0.3 is 6.61 Å². The van der Waals surface area contributed by atoms with E-state index in [1.54, 1.807) is 13.1 Å². The maximum Gasteiger partial charge on any atom is 0.387 e. The van der Waals surface area contributed by atoms with E-state index in [2.05, 4.69) is 10.1 Å². The number of hydrogen-bond acceptors (Lipinski definition) is 3. The van der Waals surface area contributed by atoms with Gasteiger partial charge in [-0.3, -0.25) is 9.69 Å². The van der Waals surface area contributed by atoms with Crippen LogP contribution in [0.1, 0.15) is 5.56 Å². The third-order valence-corrected chi connectivity index (χ3v) is 3.25. The fourth-order valence-electron chi connectivity index (χ4n) is 2.20. The number of anilines is 1. The van der Waals surface area contributed by atoms with Gasteiger partial charge < -0.3 is 10.1 Å². The number of amides is 1. The van der Waals surface area contributed by atoms with Crippen molar-refractivity contribution in [2.24, 2.45) is 0 Å². The van der Waals surface area contributed by atoms with Crippen molar-refractivity contribution >= 4 is 11.6 Å². The van der Waals surface area contributed by atoms with E-state index in [-0.39, 0.29) is 30.1 Å². The number of ether oxygens (including phenoxy) is 1. The Morgan fingerprint density at radius 1 is 1.20 bits per heavy atom. The third kappa shape index (κ3) is 5.75. The van der Waals surface area contributed by atoms with E-state index in [1.807, 2.05) is 0 Å². The molecule has 0 heterocycles. The number of rotatable bonds is 7. The zero-order valence-corrected chi connectivity index (χ0v) is 13.3. The van der Waals surface area contributed by atoms with Crippen molar-refractivity contribution in [3.05, 3.63) is 59.7 Å². The van der Waals surface area contributed by atoms with E-state index in [0.717, 1.165) is 12.1 Å². The molecule has 0 aliphatic heterocycles. The van der Waals surface area contributed by atoms with Gasteiger partial charge in [-0.25, -0.2) is 8.78 Å². The molecule has 1 amide bonds. The molecule has 2 rings (SSSR count). The first-order chi connectivity index (χ1) is 11.8. The summed E-state index contributed by atoms with van der Waals surface area (Å²) in [5.74, 6) is -2.03. The van der Waals surface area contributed by atoms with Crippen molar-refractivity contribution in [3.8, 4) is 5.75 Å². The Kier molecular flexibility index (Phi) is 6.35. The minimum atomic E-state index is -3.01. The van der Waals surface area contributed by atoms with Gasteiger partial charge in [0.1, 0.15) is 17.4 Å². The molecule has 0 bridgehead atoms. The van der Waals surface area contributed by atoms with Crippen LogP contribution in [0.4, 0.5) is 23.2 Å². The number of carbonyl (C=O) groups is 1. The van der Waals surface area contributed by atoms with E-state index in [0.29, 0.717) is 0 Å². The van der Waals surface area contributed by atoms with Crippen LogP contribution in [0, 0.1) is 11.6 Å². The number of para-hydroxylation sites is 2. The monoisotopic (exact) mass is 356 g/mol. The van der Waals surface area contributed by atoms with Crippen LogP contribution in [0.3, 0.4) is 0 Å². The molecule has 0 atom stereocenters. The van der Waals surface area contributed by atoms with Gasteiger partial charge in [0, 0.05) is 18.2 Å². The fraction of sp³-hybridized carbons (Fsp3) is 0.235. The molecule has 134 valence electrons. The summed E-state index contributed by atoms with van der Waals surface area (Å²) in [5, 5.41) is 2.46. The Morgan fingerprint density at radius 2 is 1.92 bits per heavy atom. The average Bonchev–Trinajstić information content (AvgIpc) is 2.51.